The number of carbonyl (C=O) groups excluding carboxylic acids is 1. The minimum absolute atomic E-state index is 0.113. The van der Waals surface area contributed by atoms with Gasteiger partial charge < -0.3 is 5.32 Å². The summed E-state index contributed by atoms with van der Waals surface area (Å²) < 4.78 is 12.9. The van der Waals surface area contributed by atoms with Crippen molar-refractivity contribution in [2.24, 2.45) is 0 Å². The largest absolute Gasteiger partial charge is 0.325 e. The Morgan fingerprint density at radius 2 is 2.19 bits per heavy atom. The van der Waals surface area contributed by atoms with Crippen molar-refractivity contribution in [3.05, 3.63) is 30.1 Å². The van der Waals surface area contributed by atoms with E-state index in [1.54, 1.807) is 12.1 Å². The van der Waals surface area contributed by atoms with Crippen LogP contribution in [0.2, 0.25) is 0 Å². The van der Waals surface area contributed by atoms with Gasteiger partial charge in [0.1, 0.15) is 5.82 Å². The highest BCUT2D eigenvalue weighted by Crippen LogP contribution is 2.11. The van der Waals surface area contributed by atoms with Gasteiger partial charge in [-0.1, -0.05) is 13.0 Å². The first-order valence-corrected chi connectivity index (χ1v) is 5.27. The lowest BCUT2D eigenvalue weighted by Crippen LogP contribution is -2.39. The first kappa shape index (κ1) is 12.6. The van der Waals surface area contributed by atoms with Crippen LogP contribution in [0.3, 0.4) is 0 Å². The fourth-order valence-electron chi connectivity index (χ4n) is 1.58. The average molecular weight is 224 g/mol. The van der Waals surface area contributed by atoms with Crippen LogP contribution in [0.25, 0.3) is 0 Å². The molecule has 0 spiro atoms. The van der Waals surface area contributed by atoms with Gasteiger partial charge in [0.15, 0.2) is 0 Å². The zero-order valence-corrected chi connectivity index (χ0v) is 9.83. The lowest BCUT2D eigenvalue weighted by Gasteiger charge is -2.21. The summed E-state index contributed by atoms with van der Waals surface area (Å²) in [7, 11) is 3.69. The Hall–Kier alpha value is -1.42. The van der Waals surface area contributed by atoms with E-state index in [9.17, 15) is 9.18 Å². The van der Waals surface area contributed by atoms with Crippen molar-refractivity contribution in [3.8, 4) is 0 Å². The van der Waals surface area contributed by atoms with Crippen molar-refractivity contribution in [3.63, 3.8) is 0 Å². The summed E-state index contributed by atoms with van der Waals surface area (Å²) in [6, 6.07) is 5.70. The second-order valence-corrected chi connectivity index (χ2v) is 3.89. The Morgan fingerprint density at radius 3 is 2.69 bits per heavy atom. The number of carbonyl (C=O) groups is 1. The Labute approximate surface area is 95.3 Å². The van der Waals surface area contributed by atoms with Crippen LogP contribution in [-0.2, 0) is 4.79 Å². The van der Waals surface area contributed by atoms with Crippen molar-refractivity contribution in [1.82, 2.24) is 4.90 Å². The van der Waals surface area contributed by atoms with Crippen molar-refractivity contribution in [1.29, 1.82) is 0 Å². The number of hydrogen-bond donors (Lipinski definition) is 1. The molecule has 0 fully saturated rings. The van der Waals surface area contributed by atoms with E-state index >= 15 is 0 Å². The number of likely N-dealkylation sites (N-methyl/N-ethyl adjacent to an activating group) is 1. The maximum atomic E-state index is 12.9. The molecule has 0 aromatic heterocycles. The van der Waals surface area contributed by atoms with Crippen LogP contribution in [0, 0.1) is 5.82 Å². The van der Waals surface area contributed by atoms with Crippen LogP contribution < -0.4 is 5.32 Å². The van der Waals surface area contributed by atoms with E-state index in [0.717, 1.165) is 0 Å². The number of rotatable bonds is 4. The Morgan fingerprint density at radius 1 is 1.50 bits per heavy atom. The molecule has 4 heteroatoms. The van der Waals surface area contributed by atoms with Crippen LogP contribution in [0.4, 0.5) is 10.1 Å². The molecule has 3 nitrogen and oxygen atoms in total. The molecule has 88 valence electrons. The highest BCUT2D eigenvalue weighted by atomic mass is 19.1. The molecule has 0 radical (unpaired) electrons. The minimum atomic E-state index is -0.351. The molecular formula is C12H17FN2O. The fraction of sp³-hybridized carbons (Fsp3) is 0.417. The molecule has 0 aliphatic rings. The maximum Gasteiger partial charge on any atom is 0.241 e. The van der Waals surface area contributed by atoms with Crippen LogP contribution in [0.5, 0.6) is 0 Å². The van der Waals surface area contributed by atoms with E-state index in [0.29, 0.717) is 12.1 Å². The third-order valence-corrected chi connectivity index (χ3v) is 2.40. The normalized spacial score (nSPS) is 12.6. The van der Waals surface area contributed by atoms with Gasteiger partial charge in [-0.25, -0.2) is 4.39 Å². The number of amides is 1. The third kappa shape index (κ3) is 3.31. The molecule has 1 aromatic rings. The van der Waals surface area contributed by atoms with Gasteiger partial charge in [-0.05, 0) is 38.7 Å². The van der Waals surface area contributed by atoms with Gasteiger partial charge >= 0.3 is 0 Å². The number of hydrogen-bond acceptors (Lipinski definition) is 2. The monoisotopic (exact) mass is 224 g/mol. The molecule has 0 bridgehead atoms. The quantitative estimate of drug-likeness (QED) is 0.849. The zero-order chi connectivity index (χ0) is 12.1. The third-order valence-electron chi connectivity index (χ3n) is 2.40. The molecular weight excluding hydrogens is 207 g/mol. The standard InChI is InChI=1S/C12H17FN2O/c1-4-11(15(2)3)12(16)14-10-7-5-6-9(13)8-10/h5-8,11H,4H2,1-3H3,(H,14,16)/t11-/m0/s1. The van der Waals surface area contributed by atoms with Gasteiger partial charge in [0.05, 0.1) is 6.04 Å². The van der Waals surface area contributed by atoms with E-state index < -0.39 is 0 Å². The van der Waals surface area contributed by atoms with Crippen LogP contribution in [-0.4, -0.2) is 30.9 Å². The Bertz CT molecular complexity index is 366. The van der Waals surface area contributed by atoms with E-state index in [1.165, 1.54) is 12.1 Å². The molecule has 1 atom stereocenters. The SMILES string of the molecule is CC[C@@H](C(=O)Nc1cccc(F)c1)N(C)C. The highest BCUT2D eigenvalue weighted by molar-refractivity contribution is 5.94. The molecule has 0 saturated carbocycles. The van der Waals surface area contributed by atoms with E-state index in [1.807, 2.05) is 25.9 Å². The van der Waals surface area contributed by atoms with Gasteiger partial charge in [0, 0.05) is 5.69 Å². The summed E-state index contributed by atoms with van der Waals surface area (Å²) in [5.41, 5.74) is 0.491. The Kier molecular flexibility index (Phi) is 4.43. The molecule has 1 N–H and O–H groups in total. The smallest absolute Gasteiger partial charge is 0.241 e. The summed E-state index contributed by atoms with van der Waals surface area (Å²) >= 11 is 0. The van der Waals surface area contributed by atoms with Crippen LogP contribution in [0.1, 0.15) is 13.3 Å². The van der Waals surface area contributed by atoms with Gasteiger partial charge in [-0.15, -0.1) is 0 Å². The molecule has 0 aliphatic carbocycles. The number of nitrogens with zero attached hydrogens (tertiary/aromatic N) is 1. The van der Waals surface area contributed by atoms with Crippen LogP contribution >= 0.6 is 0 Å². The van der Waals surface area contributed by atoms with Gasteiger partial charge in [0.25, 0.3) is 0 Å². The lowest BCUT2D eigenvalue weighted by molar-refractivity contribution is -0.120. The second-order valence-electron chi connectivity index (χ2n) is 3.89. The first-order chi connectivity index (χ1) is 7.54. The van der Waals surface area contributed by atoms with Crippen molar-refractivity contribution in [2.75, 3.05) is 19.4 Å². The molecule has 16 heavy (non-hydrogen) atoms. The summed E-state index contributed by atoms with van der Waals surface area (Å²) in [5, 5.41) is 2.69. The summed E-state index contributed by atoms with van der Waals surface area (Å²) in [6.45, 7) is 1.94. The number of benzene rings is 1. The summed E-state index contributed by atoms with van der Waals surface area (Å²) in [6.07, 6.45) is 0.716. The molecule has 0 unspecified atom stereocenters. The first-order valence-electron chi connectivity index (χ1n) is 5.27. The van der Waals surface area contributed by atoms with E-state index in [2.05, 4.69) is 5.32 Å². The number of anilines is 1. The highest BCUT2D eigenvalue weighted by Gasteiger charge is 2.18. The molecule has 0 heterocycles. The van der Waals surface area contributed by atoms with Gasteiger partial charge in [0.2, 0.25) is 5.91 Å². The maximum absolute atomic E-state index is 12.9. The molecule has 1 aromatic carbocycles. The Balaban J connectivity index is 2.70. The van der Waals surface area contributed by atoms with Crippen molar-refractivity contribution in [2.45, 2.75) is 19.4 Å². The lowest BCUT2D eigenvalue weighted by atomic mass is 10.2. The number of halogens is 1. The van der Waals surface area contributed by atoms with E-state index in [-0.39, 0.29) is 17.8 Å². The van der Waals surface area contributed by atoms with E-state index in [4.69, 9.17) is 0 Å². The van der Waals surface area contributed by atoms with Gasteiger partial charge in [-0.2, -0.15) is 0 Å². The second kappa shape index (κ2) is 5.61. The predicted molar refractivity (Wildman–Crippen MR) is 62.8 cm³/mol. The van der Waals surface area contributed by atoms with Crippen molar-refractivity contribution < 1.29 is 9.18 Å². The molecule has 0 aliphatic heterocycles. The molecule has 1 amide bonds. The average Bonchev–Trinajstić information content (AvgIpc) is 2.17. The zero-order valence-electron chi connectivity index (χ0n) is 9.83. The molecule has 1 rings (SSSR count). The predicted octanol–water partition coefficient (Wildman–Crippen LogP) is 2.10. The summed E-state index contributed by atoms with van der Waals surface area (Å²) in [4.78, 5) is 13.7. The topological polar surface area (TPSA) is 32.3 Å². The minimum Gasteiger partial charge on any atom is -0.325 e. The number of nitrogens with one attached hydrogen (secondary N) is 1. The molecule has 0 saturated heterocycles. The fourth-order valence-corrected chi connectivity index (χ4v) is 1.58. The van der Waals surface area contributed by atoms with Crippen LogP contribution in [0.15, 0.2) is 24.3 Å². The van der Waals surface area contributed by atoms with Gasteiger partial charge in [-0.3, -0.25) is 9.69 Å². The summed E-state index contributed by atoms with van der Waals surface area (Å²) in [5.74, 6) is -0.464. The van der Waals surface area contributed by atoms with Crippen molar-refractivity contribution >= 4 is 11.6 Å².